The molecule has 8 nitrogen and oxygen atoms in total. The standard InChI is InChI=1S/C20H22N4O4/c1-23(2)17-7-8-18(22-21-17)27-14-9-10-24(12-14)20(25)16-11-13-5-4-6-15(26-3)19(13)28-16/h4-8,11,14H,9-10,12H2,1-3H3. The van der Waals surface area contributed by atoms with E-state index < -0.39 is 0 Å². The van der Waals surface area contributed by atoms with E-state index in [9.17, 15) is 4.79 Å². The first kappa shape index (κ1) is 18.1. The van der Waals surface area contributed by atoms with E-state index in [2.05, 4.69) is 10.2 Å². The van der Waals surface area contributed by atoms with Gasteiger partial charge in [0, 0.05) is 38.5 Å². The Balaban J connectivity index is 1.43. The molecule has 0 spiro atoms. The summed E-state index contributed by atoms with van der Waals surface area (Å²) in [5.41, 5.74) is 0.580. The number of rotatable bonds is 5. The van der Waals surface area contributed by atoms with Crippen LogP contribution in [0.25, 0.3) is 11.0 Å². The number of para-hydroxylation sites is 1. The lowest BCUT2D eigenvalue weighted by Crippen LogP contribution is -2.30. The van der Waals surface area contributed by atoms with Gasteiger partial charge in [-0.05, 0) is 18.2 Å². The highest BCUT2D eigenvalue weighted by Crippen LogP contribution is 2.29. The van der Waals surface area contributed by atoms with Crippen molar-refractivity contribution in [1.29, 1.82) is 0 Å². The largest absolute Gasteiger partial charge is 0.493 e. The lowest BCUT2D eigenvalue weighted by molar-refractivity contribution is 0.0742. The molecule has 3 heterocycles. The van der Waals surface area contributed by atoms with Gasteiger partial charge in [-0.2, -0.15) is 0 Å². The van der Waals surface area contributed by atoms with Gasteiger partial charge < -0.3 is 23.7 Å². The molecule has 1 atom stereocenters. The van der Waals surface area contributed by atoms with Crippen molar-refractivity contribution >= 4 is 22.7 Å². The average molecular weight is 382 g/mol. The van der Waals surface area contributed by atoms with E-state index in [0.29, 0.717) is 36.1 Å². The fourth-order valence-corrected chi connectivity index (χ4v) is 3.25. The lowest BCUT2D eigenvalue weighted by atomic mass is 10.2. The van der Waals surface area contributed by atoms with Gasteiger partial charge >= 0.3 is 0 Å². The number of carbonyl (C=O) groups excluding carboxylic acids is 1. The lowest BCUT2D eigenvalue weighted by Gasteiger charge is -2.16. The molecule has 1 fully saturated rings. The third-order valence-electron chi connectivity index (χ3n) is 4.74. The molecule has 1 amide bonds. The van der Waals surface area contributed by atoms with E-state index in [1.165, 1.54) is 0 Å². The summed E-state index contributed by atoms with van der Waals surface area (Å²) in [6.45, 7) is 1.07. The van der Waals surface area contributed by atoms with E-state index in [4.69, 9.17) is 13.9 Å². The molecule has 0 aliphatic carbocycles. The first-order valence-electron chi connectivity index (χ1n) is 9.08. The molecule has 0 bridgehead atoms. The number of hydrogen-bond donors (Lipinski definition) is 0. The van der Waals surface area contributed by atoms with E-state index in [0.717, 1.165) is 17.6 Å². The molecule has 2 aromatic heterocycles. The molecule has 1 saturated heterocycles. The van der Waals surface area contributed by atoms with Gasteiger partial charge in [-0.1, -0.05) is 12.1 Å². The molecular formula is C20H22N4O4. The molecule has 4 rings (SSSR count). The van der Waals surface area contributed by atoms with Crippen LogP contribution in [0.3, 0.4) is 0 Å². The van der Waals surface area contributed by atoms with Gasteiger partial charge in [0.25, 0.3) is 5.91 Å². The van der Waals surface area contributed by atoms with Crippen LogP contribution >= 0.6 is 0 Å². The van der Waals surface area contributed by atoms with Crippen molar-refractivity contribution in [3.05, 3.63) is 42.2 Å². The Bertz CT molecular complexity index is 984. The van der Waals surface area contributed by atoms with Crippen molar-refractivity contribution in [3.8, 4) is 11.6 Å². The summed E-state index contributed by atoms with van der Waals surface area (Å²) in [5.74, 6) is 1.97. The van der Waals surface area contributed by atoms with Gasteiger partial charge in [-0.25, -0.2) is 0 Å². The fourth-order valence-electron chi connectivity index (χ4n) is 3.25. The number of methoxy groups -OCH3 is 1. The maximum absolute atomic E-state index is 12.8. The van der Waals surface area contributed by atoms with Crippen LogP contribution < -0.4 is 14.4 Å². The number of hydrogen-bond acceptors (Lipinski definition) is 7. The minimum atomic E-state index is -0.154. The van der Waals surface area contributed by atoms with Crippen LogP contribution in [-0.2, 0) is 0 Å². The van der Waals surface area contributed by atoms with Crippen molar-refractivity contribution in [2.75, 3.05) is 39.2 Å². The van der Waals surface area contributed by atoms with Gasteiger partial charge in [0.2, 0.25) is 5.88 Å². The highest BCUT2D eigenvalue weighted by atomic mass is 16.5. The topological polar surface area (TPSA) is 80.9 Å². The Hall–Kier alpha value is -3.29. The molecule has 8 heteroatoms. The molecule has 1 aromatic carbocycles. The van der Waals surface area contributed by atoms with Crippen LogP contribution in [0.15, 0.2) is 40.8 Å². The number of anilines is 1. The van der Waals surface area contributed by atoms with Crippen LogP contribution in [0.1, 0.15) is 17.0 Å². The highest BCUT2D eigenvalue weighted by molar-refractivity contribution is 5.97. The maximum Gasteiger partial charge on any atom is 0.289 e. The maximum atomic E-state index is 12.8. The normalized spacial score (nSPS) is 16.4. The quantitative estimate of drug-likeness (QED) is 0.671. The molecule has 0 N–H and O–H groups in total. The van der Waals surface area contributed by atoms with Crippen LogP contribution in [0.2, 0.25) is 0 Å². The fraction of sp³-hybridized carbons (Fsp3) is 0.350. The Morgan fingerprint density at radius 1 is 1.25 bits per heavy atom. The third kappa shape index (κ3) is 3.45. The number of benzene rings is 1. The summed E-state index contributed by atoms with van der Waals surface area (Å²) >= 11 is 0. The summed E-state index contributed by atoms with van der Waals surface area (Å²) < 4.78 is 17.0. The molecule has 1 unspecified atom stereocenters. The summed E-state index contributed by atoms with van der Waals surface area (Å²) in [4.78, 5) is 16.4. The van der Waals surface area contributed by atoms with Crippen LogP contribution in [0.5, 0.6) is 11.6 Å². The molecule has 0 saturated carbocycles. The van der Waals surface area contributed by atoms with Crippen molar-refractivity contribution < 1.29 is 18.7 Å². The summed E-state index contributed by atoms with van der Waals surface area (Å²) in [6, 6.07) is 11.0. The highest BCUT2D eigenvalue weighted by Gasteiger charge is 2.30. The van der Waals surface area contributed by atoms with Gasteiger partial charge in [-0.3, -0.25) is 4.79 Å². The Kier molecular flexibility index (Phi) is 4.77. The predicted molar refractivity (Wildman–Crippen MR) is 104 cm³/mol. The Labute approximate surface area is 162 Å². The third-order valence-corrected chi connectivity index (χ3v) is 4.74. The molecule has 28 heavy (non-hydrogen) atoms. The molecule has 3 aromatic rings. The number of amides is 1. The predicted octanol–water partition coefficient (Wildman–Crippen LogP) is 2.59. The number of carbonyl (C=O) groups is 1. The van der Waals surface area contributed by atoms with E-state index in [1.54, 1.807) is 24.1 Å². The number of furan rings is 1. The Morgan fingerprint density at radius 3 is 2.82 bits per heavy atom. The second-order valence-corrected chi connectivity index (χ2v) is 6.89. The number of likely N-dealkylation sites (tertiary alicyclic amines) is 1. The SMILES string of the molecule is COc1cccc2cc(C(=O)N3CCC(Oc4ccc(N(C)C)nn4)C3)oc12. The molecule has 0 radical (unpaired) electrons. The first-order chi connectivity index (χ1) is 13.5. The number of nitrogens with zero attached hydrogens (tertiary/aromatic N) is 4. The monoisotopic (exact) mass is 382 g/mol. The zero-order valence-corrected chi connectivity index (χ0v) is 16.1. The first-order valence-corrected chi connectivity index (χ1v) is 9.08. The summed E-state index contributed by atoms with van der Waals surface area (Å²) in [7, 11) is 5.38. The second-order valence-electron chi connectivity index (χ2n) is 6.89. The average Bonchev–Trinajstić information content (AvgIpc) is 3.34. The zero-order valence-electron chi connectivity index (χ0n) is 16.1. The molecule has 146 valence electrons. The van der Waals surface area contributed by atoms with Crippen LogP contribution in [0, 0.1) is 0 Å². The number of fused-ring (bicyclic) bond motifs is 1. The van der Waals surface area contributed by atoms with E-state index in [-0.39, 0.29) is 12.0 Å². The zero-order chi connectivity index (χ0) is 19.7. The van der Waals surface area contributed by atoms with E-state index >= 15 is 0 Å². The van der Waals surface area contributed by atoms with Gasteiger partial charge in [0.05, 0.1) is 13.7 Å². The van der Waals surface area contributed by atoms with E-state index in [1.807, 2.05) is 43.3 Å². The van der Waals surface area contributed by atoms with Crippen molar-refractivity contribution in [1.82, 2.24) is 15.1 Å². The molecule has 1 aliphatic heterocycles. The number of aromatic nitrogens is 2. The second kappa shape index (κ2) is 7.38. The molecular weight excluding hydrogens is 360 g/mol. The minimum absolute atomic E-state index is 0.123. The van der Waals surface area contributed by atoms with Gasteiger partial charge in [0.15, 0.2) is 22.9 Å². The number of ether oxygens (including phenoxy) is 2. The van der Waals surface area contributed by atoms with Crippen molar-refractivity contribution in [2.24, 2.45) is 0 Å². The van der Waals surface area contributed by atoms with Gasteiger partial charge in [0.1, 0.15) is 6.10 Å². The van der Waals surface area contributed by atoms with Crippen molar-refractivity contribution in [2.45, 2.75) is 12.5 Å². The minimum Gasteiger partial charge on any atom is -0.493 e. The summed E-state index contributed by atoms with van der Waals surface area (Å²) in [6.07, 6.45) is 0.606. The Morgan fingerprint density at radius 2 is 2.11 bits per heavy atom. The smallest absolute Gasteiger partial charge is 0.289 e. The van der Waals surface area contributed by atoms with Crippen LogP contribution in [-0.4, -0.2) is 61.4 Å². The summed E-state index contributed by atoms with van der Waals surface area (Å²) in [5, 5.41) is 9.03. The molecule has 1 aliphatic rings. The van der Waals surface area contributed by atoms with Crippen LogP contribution in [0.4, 0.5) is 5.82 Å². The van der Waals surface area contributed by atoms with Crippen molar-refractivity contribution in [3.63, 3.8) is 0 Å². The van der Waals surface area contributed by atoms with Gasteiger partial charge in [-0.15, -0.1) is 10.2 Å².